The van der Waals surface area contributed by atoms with Crippen LogP contribution in [0.25, 0.3) is 0 Å². The summed E-state index contributed by atoms with van der Waals surface area (Å²) in [5.41, 5.74) is 2.21. The van der Waals surface area contributed by atoms with Crippen LogP contribution in [0.1, 0.15) is 21.5 Å². The van der Waals surface area contributed by atoms with Gasteiger partial charge in [-0.05, 0) is 53.6 Å². The fraction of sp³-hybridized carbons (Fsp3) is 0.240. The zero-order valence-corrected chi connectivity index (χ0v) is 19.7. The summed E-state index contributed by atoms with van der Waals surface area (Å²) in [5, 5.41) is 3.55. The molecule has 0 saturated carbocycles. The highest BCUT2D eigenvalue weighted by Crippen LogP contribution is 2.38. The van der Waals surface area contributed by atoms with Crippen molar-refractivity contribution in [2.45, 2.75) is 13.2 Å². The van der Waals surface area contributed by atoms with E-state index in [1.54, 1.807) is 56.7 Å². The van der Waals surface area contributed by atoms with E-state index in [1.807, 2.05) is 12.1 Å². The van der Waals surface area contributed by atoms with Gasteiger partial charge in [-0.25, -0.2) is 0 Å². The minimum absolute atomic E-state index is 0.258. The molecule has 0 fully saturated rings. The van der Waals surface area contributed by atoms with Crippen LogP contribution in [0, 0.1) is 0 Å². The van der Waals surface area contributed by atoms with Crippen LogP contribution >= 0.6 is 11.6 Å². The second kappa shape index (κ2) is 11.3. The highest BCUT2D eigenvalue weighted by Gasteiger charge is 2.15. The quantitative estimate of drug-likeness (QED) is 0.454. The third-order valence-electron chi connectivity index (χ3n) is 4.91. The number of benzene rings is 3. The molecule has 0 aromatic heterocycles. The summed E-state index contributed by atoms with van der Waals surface area (Å²) in [6.45, 7) is 0.618. The van der Waals surface area contributed by atoms with Crippen molar-refractivity contribution in [3.8, 4) is 28.7 Å². The monoisotopic (exact) mass is 471 g/mol. The molecule has 0 aliphatic rings. The minimum atomic E-state index is -0.258. The summed E-state index contributed by atoms with van der Waals surface area (Å²) in [6, 6.07) is 16.0. The molecule has 0 saturated heterocycles. The molecule has 0 spiro atoms. The van der Waals surface area contributed by atoms with Gasteiger partial charge in [0, 0.05) is 17.1 Å². The Kier molecular flexibility index (Phi) is 8.27. The van der Waals surface area contributed by atoms with Crippen LogP contribution in [-0.2, 0) is 13.2 Å². The Morgan fingerprint density at radius 2 is 1.39 bits per heavy atom. The molecule has 33 heavy (non-hydrogen) atoms. The molecular formula is C25H26ClNO6. The molecule has 0 aliphatic heterocycles. The van der Waals surface area contributed by atoms with Crippen molar-refractivity contribution < 1.29 is 28.5 Å². The van der Waals surface area contributed by atoms with E-state index in [-0.39, 0.29) is 12.5 Å². The predicted octanol–water partition coefficient (Wildman–Crippen LogP) is 4.88. The average Bonchev–Trinajstić information content (AvgIpc) is 2.85. The molecule has 0 unspecified atom stereocenters. The van der Waals surface area contributed by atoms with Crippen LogP contribution in [-0.4, -0.2) is 34.3 Å². The van der Waals surface area contributed by atoms with E-state index in [4.69, 9.17) is 35.3 Å². The van der Waals surface area contributed by atoms with Gasteiger partial charge in [0.2, 0.25) is 5.75 Å². The lowest BCUT2D eigenvalue weighted by Gasteiger charge is -2.15. The van der Waals surface area contributed by atoms with Gasteiger partial charge >= 0.3 is 0 Å². The number of nitrogens with one attached hydrogen (secondary N) is 1. The molecule has 8 heteroatoms. The van der Waals surface area contributed by atoms with Gasteiger partial charge in [0.25, 0.3) is 5.91 Å². The zero-order valence-electron chi connectivity index (χ0n) is 18.9. The van der Waals surface area contributed by atoms with Crippen molar-refractivity contribution in [3.05, 3.63) is 76.3 Å². The predicted molar refractivity (Wildman–Crippen MR) is 126 cm³/mol. The molecule has 0 heterocycles. The number of methoxy groups -OCH3 is 4. The molecule has 0 bridgehead atoms. The Bertz CT molecular complexity index is 1080. The molecule has 1 amide bonds. The van der Waals surface area contributed by atoms with Gasteiger partial charge in [0.15, 0.2) is 23.0 Å². The third-order valence-corrected chi connectivity index (χ3v) is 5.16. The lowest BCUT2D eigenvalue weighted by atomic mass is 10.1. The Morgan fingerprint density at radius 1 is 0.758 bits per heavy atom. The summed E-state index contributed by atoms with van der Waals surface area (Å²) in [4.78, 5) is 12.7. The summed E-state index contributed by atoms with van der Waals surface area (Å²) in [7, 11) is 6.16. The Morgan fingerprint density at radius 3 is 1.97 bits per heavy atom. The van der Waals surface area contributed by atoms with Gasteiger partial charge in [-0.2, -0.15) is 0 Å². The lowest BCUT2D eigenvalue weighted by molar-refractivity contribution is 0.0950. The van der Waals surface area contributed by atoms with E-state index in [0.717, 1.165) is 11.1 Å². The zero-order chi connectivity index (χ0) is 23.8. The number of rotatable bonds is 10. The number of halogens is 1. The molecule has 0 aliphatic carbocycles. The van der Waals surface area contributed by atoms with E-state index in [9.17, 15) is 4.79 Å². The second-order valence-electron chi connectivity index (χ2n) is 7.00. The number of hydrogen-bond donors (Lipinski definition) is 1. The maximum atomic E-state index is 12.7. The van der Waals surface area contributed by atoms with Crippen LogP contribution in [0.4, 0.5) is 0 Å². The van der Waals surface area contributed by atoms with E-state index < -0.39 is 0 Å². The molecule has 7 nitrogen and oxygen atoms in total. The van der Waals surface area contributed by atoms with Crippen molar-refractivity contribution >= 4 is 17.5 Å². The lowest BCUT2D eigenvalue weighted by Crippen LogP contribution is -2.23. The van der Waals surface area contributed by atoms with Crippen LogP contribution in [0.3, 0.4) is 0 Å². The molecule has 3 rings (SSSR count). The molecule has 3 aromatic rings. The Balaban J connectivity index is 1.68. The number of carbonyl (C=O) groups excluding carboxylic acids is 1. The second-order valence-corrected chi connectivity index (χ2v) is 7.43. The van der Waals surface area contributed by atoms with E-state index in [2.05, 4.69) is 5.32 Å². The highest BCUT2D eigenvalue weighted by molar-refractivity contribution is 6.30. The van der Waals surface area contributed by atoms with Gasteiger partial charge in [-0.3, -0.25) is 4.79 Å². The molecule has 1 N–H and O–H groups in total. The van der Waals surface area contributed by atoms with E-state index >= 15 is 0 Å². The molecule has 3 aromatic carbocycles. The van der Waals surface area contributed by atoms with Crippen LogP contribution in [0.5, 0.6) is 28.7 Å². The van der Waals surface area contributed by atoms with Crippen LogP contribution in [0.2, 0.25) is 5.02 Å². The van der Waals surface area contributed by atoms with Crippen molar-refractivity contribution in [1.82, 2.24) is 5.32 Å². The highest BCUT2D eigenvalue weighted by atomic mass is 35.5. The summed E-state index contributed by atoms with van der Waals surface area (Å²) in [6.07, 6.45) is 0. The fourth-order valence-corrected chi connectivity index (χ4v) is 3.32. The SMILES string of the molecule is COc1cc(C(=O)NCc2cc(OC)c(OC)c(OC)c2)ccc1OCc1ccc(Cl)cc1. The van der Waals surface area contributed by atoms with Crippen molar-refractivity contribution in [2.24, 2.45) is 0 Å². The molecule has 0 radical (unpaired) electrons. The first-order chi connectivity index (χ1) is 16.0. The largest absolute Gasteiger partial charge is 0.493 e. The maximum Gasteiger partial charge on any atom is 0.251 e. The van der Waals surface area contributed by atoms with Gasteiger partial charge < -0.3 is 29.0 Å². The first-order valence-corrected chi connectivity index (χ1v) is 10.5. The van der Waals surface area contributed by atoms with Gasteiger partial charge in [-0.15, -0.1) is 0 Å². The Labute approximate surface area is 198 Å². The van der Waals surface area contributed by atoms with E-state index in [0.29, 0.717) is 45.9 Å². The van der Waals surface area contributed by atoms with Gasteiger partial charge in [0.1, 0.15) is 6.61 Å². The maximum absolute atomic E-state index is 12.7. The molecular weight excluding hydrogens is 446 g/mol. The summed E-state index contributed by atoms with van der Waals surface area (Å²) in [5.74, 6) is 2.27. The Hall–Kier alpha value is -3.58. The number of carbonyl (C=O) groups is 1. The van der Waals surface area contributed by atoms with Crippen molar-refractivity contribution in [3.63, 3.8) is 0 Å². The summed E-state index contributed by atoms with van der Waals surface area (Å²) < 4.78 is 27.3. The van der Waals surface area contributed by atoms with Crippen LogP contribution in [0.15, 0.2) is 54.6 Å². The third kappa shape index (κ3) is 6.02. The topological polar surface area (TPSA) is 75.3 Å². The first-order valence-electron chi connectivity index (χ1n) is 10.1. The fourth-order valence-electron chi connectivity index (χ4n) is 3.19. The van der Waals surface area contributed by atoms with Crippen molar-refractivity contribution in [1.29, 1.82) is 0 Å². The molecule has 174 valence electrons. The molecule has 0 atom stereocenters. The van der Waals surface area contributed by atoms with Gasteiger partial charge in [-0.1, -0.05) is 23.7 Å². The minimum Gasteiger partial charge on any atom is -0.493 e. The average molecular weight is 472 g/mol. The van der Waals surface area contributed by atoms with E-state index in [1.165, 1.54) is 14.2 Å². The van der Waals surface area contributed by atoms with Gasteiger partial charge in [0.05, 0.1) is 28.4 Å². The normalized spacial score (nSPS) is 10.3. The number of amides is 1. The smallest absolute Gasteiger partial charge is 0.251 e. The number of ether oxygens (including phenoxy) is 5. The number of hydrogen-bond acceptors (Lipinski definition) is 6. The first kappa shape index (κ1) is 24.1. The van der Waals surface area contributed by atoms with Crippen molar-refractivity contribution in [2.75, 3.05) is 28.4 Å². The van der Waals surface area contributed by atoms with Crippen LogP contribution < -0.4 is 29.0 Å². The standard InChI is InChI=1S/C25H26ClNO6/c1-29-21-13-18(7-10-20(21)33-15-16-5-8-19(26)9-6-16)25(28)27-14-17-11-22(30-2)24(32-4)23(12-17)31-3/h5-13H,14-15H2,1-4H3,(H,27,28). The summed E-state index contributed by atoms with van der Waals surface area (Å²) >= 11 is 5.92.